The summed E-state index contributed by atoms with van der Waals surface area (Å²) in [5, 5.41) is 6.97. The highest BCUT2D eigenvalue weighted by molar-refractivity contribution is 5.92. The standard InChI is InChI=1S/C24H27FN6O3/c25-16-3-1-15-2-6-22(33)31(19(15)13-16)12-11-30-9-7-17(8-10-30)26-14-20-27-23-18(24(34)28-20)4-5-21(32)29-23/h1-3,6,13,17,26H,4-5,7-12,14H2,(H2,27,28,29,32,34). The molecule has 2 aromatic heterocycles. The molecule has 2 aliphatic heterocycles. The SMILES string of the molecule is O=C1CCc2c(nc(CNC3CCN(CCn4c(=O)ccc5ccc(F)cc54)CC3)[nH]c2=O)N1. The maximum atomic E-state index is 13.7. The fourth-order valence-corrected chi connectivity index (χ4v) is 4.73. The lowest BCUT2D eigenvalue weighted by Gasteiger charge is -2.32. The molecule has 1 amide bonds. The second-order valence-electron chi connectivity index (χ2n) is 8.91. The van der Waals surface area contributed by atoms with Crippen molar-refractivity contribution in [2.45, 2.75) is 44.8 Å². The molecule has 3 aromatic rings. The van der Waals surface area contributed by atoms with Gasteiger partial charge in [-0.25, -0.2) is 9.37 Å². The molecular weight excluding hydrogens is 439 g/mol. The van der Waals surface area contributed by atoms with Crippen molar-refractivity contribution in [1.29, 1.82) is 0 Å². The number of H-pyrrole nitrogens is 1. The van der Waals surface area contributed by atoms with Crippen LogP contribution < -0.4 is 21.8 Å². The average molecular weight is 467 g/mol. The minimum absolute atomic E-state index is 0.118. The van der Waals surface area contributed by atoms with Crippen LogP contribution in [0.5, 0.6) is 0 Å². The molecule has 9 nitrogen and oxygen atoms in total. The molecule has 4 heterocycles. The Morgan fingerprint density at radius 3 is 2.68 bits per heavy atom. The summed E-state index contributed by atoms with van der Waals surface area (Å²) >= 11 is 0. The number of fused-ring (bicyclic) bond motifs is 2. The van der Waals surface area contributed by atoms with E-state index in [0.717, 1.165) is 31.3 Å². The van der Waals surface area contributed by atoms with E-state index in [9.17, 15) is 18.8 Å². The summed E-state index contributed by atoms with van der Waals surface area (Å²) in [5.74, 6) is 0.412. The first-order valence-corrected chi connectivity index (χ1v) is 11.6. The van der Waals surface area contributed by atoms with Gasteiger partial charge in [-0.05, 0) is 62.0 Å². The molecule has 5 rings (SSSR count). The molecule has 0 unspecified atom stereocenters. The fourth-order valence-electron chi connectivity index (χ4n) is 4.73. The first kappa shape index (κ1) is 22.4. The Morgan fingerprint density at radius 2 is 1.85 bits per heavy atom. The second kappa shape index (κ2) is 9.47. The highest BCUT2D eigenvalue weighted by Gasteiger charge is 2.22. The van der Waals surface area contributed by atoms with Gasteiger partial charge in [0.2, 0.25) is 5.91 Å². The largest absolute Gasteiger partial charge is 0.310 e. The van der Waals surface area contributed by atoms with E-state index in [1.807, 2.05) is 0 Å². The third kappa shape index (κ3) is 4.78. The molecule has 10 heteroatoms. The van der Waals surface area contributed by atoms with Gasteiger partial charge in [0.15, 0.2) is 0 Å². The van der Waals surface area contributed by atoms with Crippen LogP contribution in [0.2, 0.25) is 0 Å². The third-order valence-electron chi connectivity index (χ3n) is 6.66. The highest BCUT2D eigenvalue weighted by Crippen LogP contribution is 2.17. The van der Waals surface area contributed by atoms with Gasteiger partial charge in [-0.1, -0.05) is 0 Å². The fraction of sp³-hybridized carbons (Fsp3) is 0.417. The van der Waals surface area contributed by atoms with Crippen molar-refractivity contribution in [2.24, 2.45) is 0 Å². The Hall–Kier alpha value is -3.37. The number of aromatic nitrogens is 3. The van der Waals surface area contributed by atoms with Gasteiger partial charge >= 0.3 is 0 Å². The lowest BCUT2D eigenvalue weighted by atomic mass is 10.0. The van der Waals surface area contributed by atoms with Crippen molar-refractivity contribution in [3.05, 3.63) is 68.2 Å². The number of carbonyl (C=O) groups is 1. The first-order valence-electron chi connectivity index (χ1n) is 11.6. The lowest BCUT2D eigenvalue weighted by Crippen LogP contribution is -2.44. The molecule has 1 saturated heterocycles. The zero-order valence-corrected chi connectivity index (χ0v) is 18.8. The van der Waals surface area contributed by atoms with Crippen molar-refractivity contribution in [2.75, 3.05) is 25.0 Å². The molecule has 0 saturated carbocycles. The molecule has 0 spiro atoms. The summed E-state index contributed by atoms with van der Waals surface area (Å²) in [6, 6.07) is 8.04. The summed E-state index contributed by atoms with van der Waals surface area (Å²) in [5.41, 5.74) is 0.828. The van der Waals surface area contributed by atoms with E-state index in [1.165, 1.54) is 18.2 Å². The van der Waals surface area contributed by atoms with Gasteiger partial charge in [-0.2, -0.15) is 0 Å². The first-order chi connectivity index (χ1) is 16.5. The Balaban J connectivity index is 1.15. The second-order valence-corrected chi connectivity index (χ2v) is 8.91. The maximum Gasteiger partial charge on any atom is 0.256 e. The predicted octanol–water partition coefficient (Wildman–Crippen LogP) is 1.36. The van der Waals surface area contributed by atoms with Crippen molar-refractivity contribution in [3.63, 3.8) is 0 Å². The van der Waals surface area contributed by atoms with Crippen LogP contribution in [0.3, 0.4) is 0 Å². The quantitative estimate of drug-likeness (QED) is 0.506. The summed E-state index contributed by atoms with van der Waals surface area (Å²) < 4.78 is 15.4. The van der Waals surface area contributed by atoms with Crippen molar-refractivity contribution < 1.29 is 9.18 Å². The topological polar surface area (TPSA) is 112 Å². The van der Waals surface area contributed by atoms with Crippen molar-refractivity contribution >= 4 is 22.6 Å². The number of rotatable bonds is 6. The van der Waals surface area contributed by atoms with Crippen LogP contribution >= 0.6 is 0 Å². The van der Waals surface area contributed by atoms with E-state index in [0.29, 0.717) is 55.2 Å². The number of hydrogen-bond acceptors (Lipinski definition) is 6. The van der Waals surface area contributed by atoms with Crippen molar-refractivity contribution in [1.82, 2.24) is 24.8 Å². The monoisotopic (exact) mass is 466 g/mol. The molecule has 1 aromatic carbocycles. The van der Waals surface area contributed by atoms with Gasteiger partial charge in [0.05, 0.1) is 17.6 Å². The number of carbonyl (C=O) groups excluding carboxylic acids is 1. The summed E-state index contributed by atoms with van der Waals surface area (Å²) in [6.45, 7) is 3.37. The molecular formula is C24H27FN6O3. The Kier molecular flexibility index (Phi) is 6.25. The number of pyridine rings is 1. The van der Waals surface area contributed by atoms with E-state index in [2.05, 4.69) is 25.5 Å². The van der Waals surface area contributed by atoms with Gasteiger partial charge in [0.25, 0.3) is 11.1 Å². The number of hydrogen-bond donors (Lipinski definition) is 3. The average Bonchev–Trinajstić information content (AvgIpc) is 2.82. The zero-order chi connectivity index (χ0) is 23.7. The molecule has 1 fully saturated rings. The summed E-state index contributed by atoms with van der Waals surface area (Å²) in [4.78, 5) is 45.8. The minimum Gasteiger partial charge on any atom is -0.310 e. The van der Waals surface area contributed by atoms with Crippen molar-refractivity contribution in [3.8, 4) is 0 Å². The molecule has 0 bridgehead atoms. The number of benzene rings is 1. The van der Waals surface area contributed by atoms with Gasteiger partial charge in [-0.15, -0.1) is 0 Å². The van der Waals surface area contributed by atoms with E-state index < -0.39 is 0 Å². The summed E-state index contributed by atoms with van der Waals surface area (Å²) in [7, 11) is 0. The van der Waals surface area contributed by atoms with Crippen LogP contribution in [0.15, 0.2) is 39.9 Å². The number of nitrogens with one attached hydrogen (secondary N) is 3. The lowest BCUT2D eigenvalue weighted by molar-refractivity contribution is -0.116. The summed E-state index contributed by atoms with van der Waals surface area (Å²) in [6.07, 6.45) is 2.56. The Labute approximate surface area is 195 Å². The minimum atomic E-state index is -0.351. The number of piperidine rings is 1. The number of nitrogens with zero attached hydrogens (tertiary/aromatic N) is 3. The van der Waals surface area contributed by atoms with Gasteiger partial charge in [0.1, 0.15) is 17.5 Å². The van der Waals surface area contributed by atoms with Crippen LogP contribution in [0, 0.1) is 5.82 Å². The van der Waals surface area contributed by atoms with Crippen LogP contribution in [-0.2, 0) is 24.3 Å². The van der Waals surface area contributed by atoms with Crippen LogP contribution in [0.25, 0.3) is 10.9 Å². The Morgan fingerprint density at radius 1 is 1.06 bits per heavy atom. The number of anilines is 1. The number of halogens is 1. The molecule has 178 valence electrons. The van der Waals surface area contributed by atoms with E-state index in [4.69, 9.17) is 0 Å². The smallest absolute Gasteiger partial charge is 0.256 e. The zero-order valence-electron chi connectivity index (χ0n) is 18.8. The molecule has 0 aliphatic carbocycles. The Bertz CT molecular complexity index is 1340. The van der Waals surface area contributed by atoms with E-state index in [1.54, 1.807) is 16.7 Å². The third-order valence-corrected chi connectivity index (χ3v) is 6.66. The van der Waals surface area contributed by atoms with E-state index in [-0.39, 0.29) is 28.9 Å². The number of amides is 1. The van der Waals surface area contributed by atoms with Crippen LogP contribution in [0.1, 0.15) is 30.7 Å². The predicted molar refractivity (Wildman–Crippen MR) is 126 cm³/mol. The molecule has 34 heavy (non-hydrogen) atoms. The maximum absolute atomic E-state index is 13.7. The van der Waals surface area contributed by atoms with Crippen LogP contribution in [-0.4, -0.2) is 51.0 Å². The highest BCUT2D eigenvalue weighted by atomic mass is 19.1. The van der Waals surface area contributed by atoms with Gasteiger partial charge in [-0.3, -0.25) is 14.4 Å². The molecule has 2 aliphatic rings. The number of likely N-dealkylation sites (tertiary alicyclic amines) is 1. The van der Waals surface area contributed by atoms with E-state index >= 15 is 0 Å². The van der Waals surface area contributed by atoms with Crippen LogP contribution in [0.4, 0.5) is 10.2 Å². The van der Waals surface area contributed by atoms with Gasteiger partial charge < -0.3 is 25.1 Å². The molecule has 0 atom stereocenters. The number of aromatic amines is 1. The van der Waals surface area contributed by atoms with Gasteiger partial charge in [0, 0.05) is 31.6 Å². The molecule has 3 N–H and O–H groups in total. The molecule has 0 radical (unpaired) electrons. The normalized spacial score (nSPS) is 17.0.